The van der Waals surface area contributed by atoms with Crippen molar-refractivity contribution in [1.82, 2.24) is 4.90 Å². The van der Waals surface area contributed by atoms with Crippen LogP contribution in [0.5, 0.6) is 0 Å². The standard InChI is InChI=1S/C24H33ClN2O2/c1-16-6-5-9-17-12-13-27(15-21(16)17)24(29)20-11-10-19(14-22(20)25)26-23(28)18-7-3-2-4-8-18/h10-11,14,16-18,21H,2-9,12-13,15H2,1H3,(H,26,28)/t16?,17?,21-/m1/s1. The number of fused-ring (bicyclic) bond motifs is 1. The van der Waals surface area contributed by atoms with Gasteiger partial charge in [-0.25, -0.2) is 0 Å². The molecule has 29 heavy (non-hydrogen) atoms. The molecule has 1 aromatic rings. The predicted octanol–water partition coefficient (Wildman–Crippen LogP) is 5.76. The smallest absolute Gasteiger partial charge is 0.255 e. The summed E-state index contributed by atoms with van der Waals surface area (Å²) < 4.78 is 0. The van der Waals surface area contributed by atoms with E-state index in [1.807, 2.05) is 11.0 Å². The Kier molecular flexibility index (Phi) is 6.48. The molecule has 4 rings (SSSR count). The number of carbonyl (C=O) groups excluding carboxylic acids is 2. The minimum absolute atomic E-state index is 0.0244. The van der Waals surface area contributed by atoms with Crippen LogP contribution in [-0.4, -0.2) is 29.8 Å². The topological polar surface area (TPSA) is 49.4 Å². The van der Waals surface area contributed by atoms with Gasteiger partial charge in [-0.1, -0.05) is 57.0 Å². The first-order valence-corrected chi connectivity index (χ1v) is 11.8. The lowest BCUT2D eigenvalue weighted by Gasteiger charge is -2.44. The normalized spacial score (nSPS) is 27.9. The molecule has 2 amide bonds. The molecule has 0 spiro atoms. The van der Waals surface area contributed by atoms with Gasteiger partial charge in [0, 0.05) is 24.7 Å². The predicted molar refractivity (Wildman–Crippen MR) is 117 cm³/mol. The van der Waals surface area contributed by atoms with E-state index in [-0.39, 0.29) is 17.7 Å². The summed E-state index contributed by atoms with van der Waals surface area (Å²) in [6, 6.07) is 5.32. The molecule has 2 aliphatic carbocycles. The molecule has 2 saturated carbocycles. The molecule has 3 aliphatic rings. The Balaban J connectivity index is 1.41. The van der Waals surface area contributed by atoms with E-state index < -0.39 is 0 Å². The summed E-state index contributed by atoms with van der Waals surface area (Å²) in [6.45, 7) is 4.01. The van der Waals surface area contributed by atoms with Crippen LogP contribution in [0.1, 0.15) is 75.1 Å². The zero-order chi connectivity index (χ0) is 20.4. The van der Waals surface area contributed by atoms with Crippen LogP contribution in [-0.2, 0) is 4.79 Å². The highest BCUT2D eigenvalue weighted by atomic mass is 35.5. The SMILES string of the molecule is CC1CCCC2CCN(C(=O)c3ccc(NC(=O)C4CCCCC4)cc3Cl)C[C@H]12. The number of piperidine rings is 1. The quantitative estimate of drug-likeness (QED) is 0.681. The molecule has 4 nitrogen and oxygen atoms in total. The first-order valence-electron chi connectivity index (χ1n) is 11.4. The molecule has 0 aromatic heterocycles. The zero-order valence-electron chi connectivity index (χ0n) is 17.5. The van der Waals surface area contributed by atoms with Gasteiger partial charge >= 0.3 is 0 Å². The number of hydrogen-bond acceptors (Lipinski definition) is 2. The summed E-state index contributed by atoms with van der Waals surface area (Å²) in [4.78, 5) is 27.6. The number of rotatable bonds is 3. The summed E-state index contributed by atoms with van der Waals surface area (Å²) in [5.74, 6) is 2.29. The van der Waals surface area contributed by atoms with Gasteiger partial charge in [0.05, 0.1) is 10.6 Å². The number of nitrogens with one attached hydrogen (secondary N) is 1. The lowest BCUT2D eigenvalue weighted by Crippen LogP contribution is -2.47. The fourth-order valence-corrected chi connectivity index (χ4v) is 5.94. The minimum Gasteiger partial charge on any atom is -0.338 e. The molecule has 1 heterocycles. The molecule has 0 bridgehead atoms. The van der Waals surface area contributed by atoms with Crippen molar-refractivity contribution in [3.63, 3.8) is 0 Å². The van der Waals surface area contributed by atoms with Crippen LogP contribution in [0.2, 0.25) is 5.02 Å². The Hall–Kier alpha value is -1.55. The summed E-state index contributed by atoms with van der Waals surface area (Å²) in [6.07, 6.45) is 10.4. The van der Waals surface area contributed by atoms with Crippen LogP contribution in [0.25, 0.3) is 0 Å². The van der Waals surface area contributed by atoms with Crippen LogP contribution in [0.3, 0.4) is 0 Å². The largest absolute Gasteiger partial charge is 0.338 e. The van der Waals surface area contributed by atoms with Crippen molar-refractivity contribution in [2.45, 2.75) is 64.7 Å². The number of likely N-dealkylation sites (tertiary alicyclic amines) is 1. The van der Waals surface area contributed by atoms with E-state index in [2.05, 4.69) is 12.2 Å². The van der Waals surface area contributed by atoms with Crippen molar-refractivity contribution in [3.05, 3.63) is 28.8 Å². The molecule has 3 atom stereocenters. The maximum Gasteiger partial charge on any atom is 0.255 e. The average Bonchev–Trinajstić information content (AvgIpc) is 2.74. The average molecular weight is 417 g/mol. The lowest BCUT2D eigenvalue weighted by atomic mass is 9.69. The molecule has 3 fully saturated rings. The molecular formula is C24H33ClN2O2. The van der Waals surface area contributed by atoms with E-state index in [1.54, 1.807) is 12.1 Å². The van der Waals surface area contributed by atoms with Gasteiger partial charge in [0.25, 0.3) is 5.91 Å². The molecule has 158 valence electrons. The highest BCUT2D eigenvalue weighted by molar-refractivity contribution is 6.34. The molecular weight excluding hydrogens is 384 g/mol. The molecule has 5 heteroatoms. The maximum atomic E-state index is 13.1. The first-order chi connectivity index (χ1) is 14.0. The van der Waals surface area contributed by atoms with Crippen molar-refractivity contribution in [2.75, 3.05) is 18.4 Å². The Morgan fingerprint density at radius 3 is 2.59 bits per heavy atom. The summed E-state index contributed by atoms with van der Waals surface area (Å²) >= 11 is 6.48. The second kappa shape index (κ2) is 9.07. The third-order valence-corrected chi connectivity index (χ3v) is 7.81. The first kappa shape index (κ1) is 20.7. The second-order valence-electron chi connectivity index (χ2n) is 9.39. The fraction of sp³-hybridized carbons (Fsp3) is 0.667. The van der Waals surface area contributed by atoms with Crippen LogP contribution in [0.4, 0.5) is 5.69 Å². The lowest BCUT2D eigenvalue weighted by molar-refractivity contribution is -0.120. The van der Waals surface area contributed by atoms with Crippen molar-refractivity contribution in [3.8, 4) is 0 Å². The number of hydrogen-bond donors (Lipinski definition) is 1. The van der Waals surface area contributed by atoms with Gasteiger partial charge in [0.1, 0.15) is 0 Å². The van der Waals surface area contributed by atoms with Gasteiger partial charge < -0.3 is 10.2 Å². The third-order valence-electron chi connectivity index (χ3n) is 7.50. The van der Waals surface area contributed by atoms with E-state index in [4.69, 9.17) is 11.6 Å². The Morgan fingerprint density at radius 1 is 1.03 bits per heavy atom. The molecule has 1 N–H and O–H groups in total. The number of amides is 2. The van der Waals surface area contributed by atoms with Gasteiger partial charge in [0.15, 0.2) is 0 Å². The van der Waals surface area contributed by atoms with Crippen LogP contribution >= 0.6 is 11.6 Å². The maximum absolute atomic E-state index is 13.1. The molecule has 0 radical (unpaired) electrons. The van der Waals surface area contributed by atoms with Crippen LogP contribution < -0.4 is 5.32 Å². The highest BCUT2D eigenvalue weighted by Gasteiger charge is 2.37. The minimum atomic E-state index is 0.0244. The van der Waals surface area contributed by atoms with Gasteiger partial charge in [-0.2, -0.15) is 0 Å². The summed E-state index contributed by atoms with van der Waals surface area (Å²) in [5, 5.41) is 3.42. The van der Waals surface area contributed by atoms with E-state index in [0.717, 1.165) is 51.1 Å². The number of nitrogens with zero attached hydrogens (tertiary/aromatic N) is 1. The second-order valence-corrected chi connectivity index (χ2v) is 9.80. The molecule has 1 aliphatic heterocycles. The molecule has 2 unspecified atom stereocenters. The Morgan fingerprint density at radius 2 is 1.83 bits per heavy atom. The number of benzene rings is 1. The van der Waals surface area contributed by atoms with E-state index in [1.165, 1.54) is 25.7 Å². The Bertz CT molecular complexity index is 759. The van der Waals surface area contributed by atoms with E-state index >= 15 is 0 Å². The van der Waals surface area contributed by atoms with Gasteiger partial charge in [-0.15, -0.1) is 0 Å². The number of anilines is 1. The summed E-state index contributed by atoms with van der Waals surface area (Å²) in [7, 11) is 0. The van der Waals surface area contributed by atoms with Crippen LogP contribution in [0, 0.1) is 23.7 Å². The molecule has 1 saturated heterocycles. The van der Waals surface area contributed by atoms with Crippen molar-refractivity contribution < 1.29 is 9.59 Å². The molecule has 1 aromatic carbocycles. The number of halogens is 1. The summed E-state index contributed by atoms with van der Waals surface area (Å²) in [5.41, 5.74) is 1.23. The van der Waals surface area contributed by atoms with E-state index in [9.17, 15) is 9.59 Å². The number of carbonyl (C=O) groups is 2. The van der Waals surface area contributed by atoms with Crippen LogP contribution in [0.15, 0.2) is 18.2 Å². The fourth-order valence-electron chi connectivity index (χ4n) is 5.68. The zero-order valence-corrected chi connectivity index (χ0v) is 18.2. The van der Waals surface area contributed by atoms with Crippen molar-refractivity contribution in [1.29, 1.82) is 0 Å². The Labute approximate surface area is 179 Å². The van der Waals surface area contributed by atoms with Crippen molar-refractivity contribution in [2.24, 2.45) is 23.7 Å². The highest BCUT2D eigenvalue weighted by Crippen LogP contribution is 2.40. The monoisotopic (exact) mass is 416 g/mol. The van der Waals surface area contributed by atoms with Gasteiger partial charge in [-0.05, 0) is 55.2 Å². The van der Waals surface area contributed by atoms with Gasteiger partial charge in [0.2, 0.25) is 5.91 Å². The third kappa shape index (κ3) is 4.63. The van der Waals surface area contributed by atoms with E-state index in [0.29, 0.717) is 28.1 Å². The van der Waals surface area contributed by atoms with Crippen molar-refractivity contribution >= 4 is 29.1 Å². The van der Waals surface area contributed by atoms with Gasteiger partial charge in [-0.3, -0.25) is 9.59 Å².